The summed E-state index contributed by atoms with van der Waals surface area (Å²) in [6.07, 6.45) is 0.139. The zero-order chi connectivity index (χ0) is 15.6. The first-order valence-electron chi connectivity index (χ1n) is 7.62. The lowest BCUT2D eigenvalue weighted by atomic mass is 10.2. The summed E-state index contributed by atoms with van der Waals surface area (Å²) in [5.74, 6) is 0. The molecule has 1 aliphatic heterocycles. The first-order valence-corrected chi connectivity index (χ1v) is 9.38. The highest BCUT2D eigenvalue weighted by Crippen LogP contribution is 2.26. The Bertz CT molecular complexity index is 778. The number of hydrogen-bond donors (Lipinski definition) is 1. The van der Waals surface area contributed by atoms with E-state index < -0.39 is 0 Å². The molecule has 5 nitrogen and oxygen atoms in total. The van der Waals surface area contributed by atoms with Crippen LogP contribution in [0.1, 0.15) is 15.4 Å². The summed E-state index contributed by atoms with van der Waals surface area (Å²) in [6.45, 7) is 5.17. The molecular weight excluding hydrogens is 328 g/mol. The van der Waals surface area contributed by atoms with Gasteiger partial charge in [-0.05, 0) is 30.5 Å². The molecule has 0 saturated heterocycles. The quantitative estimate of drug-likeness (QED) is 0.771. The van der Waals surface area contributed by atoms with Crippen LogP contribution in [0.15, 0.2) is 29.0 Å². The number of rotatable bonds is 5. The highest BCUT2D eigenvalue weighted by Gasteiger charge is 2.24. The van der Waals surface area contributed by atoms with Gasteiger partial charge in [0.1, 0.15) is 5.69 Å². The molecule has 1 unspecified atom stereocenters. The Morgan fingerprint density at radius 3 is 3.13 bits per heavy atom. The lowest BCUT2D eigenvalue weighted by Gasteiger charge is -2.24. The van der Waals surface area contributed by atoms with Crippen LogP contribution < -0.4 is 5.32 Å². The molecule has 3 aromatic heterocycles. The van der Waals surface area contributed by atoms with E-state index >= 15 is 0 Å². The minimum Gasteiger partial charge on any atom is -0.369 e. The molecule has 0 aromatic carbocycles. The third-order valence-corrected chi connectivity index (χ3v) is 5.62. The van der Waals surface area contributed by atoms with E-state index in [-0.39, 0.29) is 6.10 Å². The maximum atomic E-state index is 5.99. The normalized spacial score (nSPS) is 17.3. The molecule has 4 rings (SSSR count). The van der Waals surface area contributed by atoms with E-state index in [1.807, 2.05) is 16.0 Å². The van der Waals surface area contributed by atoms with Crippen LogP contribution >= 0.6 is 22.7 Å². The predicted molar refractivity (Wildman–Crippen MR) is 92.7 cm³/mol. The third kappa shape index (κ3) is 3.23. The van der Waals surface area contributed by atoms with Gasteiger partial charge in [-0.25, -0.2) is 4.68 Å². The van der Waals surface area contributed by atoms with Gasteiger partial charge in [0.15, 0.2) is 0 Å². The van der Waals surface area contributed by atoms with Crippen molar-refractivity contribution in [1.82, 2.24) is 20.3 Å². The molecule has 7 heteroatoms. The molecule has 1 aliphatic rings. The Morgan fingerprint density at radius 2 is 2.35 bits per heavy atom. The molecular formula is C16H18N4OS2. The van der Waals surface area contributed by atoms with Crippen molar-refractivity contribution in [2.24, 2.45) is 0 Å². The summed E-state index contributed by atoms with van der Waals surface area (Å²) in [4.78, 5) is 2.71. The molecule has 4 heterocycles. The van der Waals surface area contributed by atoms with E-state index in [0.29, 0.717) is 6.61 Å². The molecule has 1 atom stereocenters. The zero-order valence-corrected chi connectivity index (χ0v) is 14.5. The fourth-order valence-corrected chi connectivity index (χ4v) is 4.25. The first-order chi connectivity index (χ1) is 11.3. The van der Waals surface area contributed by atoms with E-state index in [1.54, 1.807) is 11.3 Å². The standard InChI is InChI=1S/C16H18N4OS2/c1-11-2-3-14(23-11)7-17-6-13-8-20-15(9-21-13)16(18-19-20)12-4-5-22-10-12/h2-5,10,13,17H,6-9H2,1H3. The van der Waals surface area contributed by atoms with Gasteiger partial charge in [0.2, 0.25) is 0 Å². The molecule has 3 aromatic rings. The van der Waals surface area contributed by atoms with Crippen molar-refractivity contribution in [2.75, 3.05) is 6.54 Å². The van der Waals surface area contributed by atoms with Gasteiger partial charge in [0.05, 0.1) is 24.9 Å². The van der Waals surface area contributed by atoms with E-state index in [1.165, 1.54) is 9.75 Å². The molecule has 120 valence electrons. The number of ether oxygens (including phenoxy) is 1. The van der Waals surface area contributed by atoms with Crippen LogP contribution in [-0.2, 0) is 24.4 Å². The summed E-state index contributed by atoms with van der Waals surface area (Å²) in [5.41, 5.74) is 3.16. The van der Waals surface area contributed by atoms with Gasteiger partial charge in [-0.1, -0.05) is 5.21 Å². The molecule has 0 aliphatic carbocycles. The van der Waals surface area contributed by atoms with E-state index in [9.17, 15) is 0 Å². The van der Waals surface area contributed by atoms with Crippen LogP contribution in [-0.4, -0.2) is 27.6 Å². The molecule has 0 saturated carbocycles. The number of aromatic nitrogens is 3. The second-order valence-electron chi connectivity index (χ2n) is 5.66. The van der Waals surface area contributed by atoms with Gasteiger partial charge in [0.25, 0.3) is 0 Å². The largest absolute Gasteiger partial charge is 0.369 e. The number of aryl methyl sites for hydroxylation is 1. The minimum absolute atomic E-state index is 0.139. The second kappa shape index (κ2) is 6.52. The van der Waals surface area contributed by atoms with E-state index in [4.69, 9.17) is 4.74 Å². The van der Waals surface area contributed by atoms with Gasteiger partial charge in [-0.15, -0.1) is 16.4 Å². The zero-order valence-electron chi connectivity index (χ0n) is 12.9. The number of nitrogens with zero attached hydrogens (tertiary/aromatic N) is 3. The lowest BCUT2D eigenvalue weighted by molar-refractivity contribution is 0.00128. The maximum absolute atomic E-state index is 5.99. The highest BCUT2D eigenvalue weighted by molar-refractivity contribution is 7.11. The summed E-state index contributed by atoms with van der Waals surface area (Å²) >= 11 is 3.51. The van der Waals surface area contributed by atoms with Crippen molar-refractivity contribution >= 4 is 22.7 Å². The van der Waals surface area contributed by atoms with Gasteiger partial charge < -0.3 is 10.1 Å². The molecule has 0 radical (unpaired) electrons. The van der Waals surface area contributed by atoms with Crippen molar-refractivity contribution < 1.29 is 4.74 Å². The Balaban J connectivity index is 1.36. The third-order valence-electron chi connectivity index (χ3n) is 3.93. The van der Waals surface area contributed by atoms with Gasteiger partial charge in [0, 0.05) is 33.8 Å². The van der Waals surface area contributed by atoms with Crippen molar-refractivity contribution in [1.29, 1.82) is 0 Å². The summed E-state index contributed by atoms with van der Waals surface area (Å²) in [5, 5.41) is 16.3. The van der Waals surface area contributed by atoms with Gasteiger partial charge >= 0.3 is 0 Å². The molecule has 0 spiro atoms. The van der Waals surface area contributed by atoms with E-state index in [0.717, 1.165) is 36.6 Å². The average molecular weight is 346 g/mol. The number of hydrogen-bond acceptors (Lipinski definition) is 6. The van der Waals surface area contributed by atoms with Crippen LogP contribution in [0.5, 0.6) is 0 Å². The SMILES string of the molecule is Cc1ccc(CNCC2Cn3nnc(-c4ccsc4)c3CO2)s1. The second-order valence-corrected chi connectivity index (χ2v) is 7.81. The van der Waals surface area contributed by atoms with Crippen LogP contribution in [0.3, 0.4) is 0 Å². The minimum atomic E-state index is 0.139. The fourth-order valence-electron chi connectivity index (χ4n) is 2.75. The molecule has 1 N–H and O–H groups in total. The monoisotopic (exact) mass is 346 g/mol. The molecule has 23 heavy (non-hydrogen) atoms. The van der Waals surface area contributed by atoms with Crippen LogP contribution in [0.4, 0.5) is 0 Å². The van der Waals surface area contributed by atoms with Crippen molar-refractivity contribution in [2.45, 2.75) is 32.7 Å². The van der Waals surface area contributed by atoms with Crippen molar-refractivity contribution in [3.8, 4) is 11.3 Å². The fraction of sp³-hybridized carbons (Fsp3) is 0.375. The smallest absolute Gasteiger partial charge is 0.119 e. The average Bonchev–Trinajstić information content (AvgIpc) is 3.27. The summed E-state index contributed by atoms with van der Waals surface area (Å²) in [7, 11) is 0. The number of nitrogens with one attached hydrogen (secondary N) is 1. The van der Waals surface area contributed by atoms with Gasteiger partial charge in [-0.2, -0.15) is 11.3 Å². The topological polar surface area (TPSA) is 52.0 Å². The Morgan fingerprint density at radius 1 is 1.39 bits per heavy atom. The Hall–Kier alpha value is -1.54. The summed E-state index contributed by atoms with van der Waals surface area (Å²) < 4.78 is 7.97. The van der Waals surface area contributed by atoms with Gasteiger partial charge in [-0.3, -0.25) is 0 Å². The van der Waals surface area contributed by atoms with Crippen LogP contribution in [0, 0.1) is 6.92 Å². The lowest BCUT2D eigenvalue weighted by Crippen LogP contribution is -2.36. The molecule has 0 bridgehead atoms. The Labute approximate surface area is 142 Å². The molecule has 0 amide bonds. The predicted octanol–water partition coefficient (Wildman–Crippen LogP) is 3.07. The summed E-state index contributed by atoms with van der Waals surface area (Å²) in [6, 6.07) is 6.41. The first kappa shape index (κ1) is 15.0. The number of fused-ring (bicyclic) bond motifs is 1. The van der Waals surface area contributed by atoms with Crippen LogP contribution in [0.25, 0.3) is 11.3 Å². The highest BCUT2D eigenvalue weighted by atomic mass is 32.1. The van der Waals surface area contributed by atoms with Crippen LogP contribution in [0.2, 0.25) is 0 Å². The van der Waals surface area contributed by atoms with E-state index in [2.05, 4.69) is 51.5 Å². The van der Waals surface area contributed by atoms with Crippen molar-refractivity contribution in [3.05, 3.63) is 44.4 Å². The molecule has 0 fully saturated rings. The number of thiophene rings is 2. The van der Waals surface area contributed by atoms with Crippen molar-refractivity contribution in [3.63, 3.8) is 0 Å². The Kier molecular flexibility index (Phi) is 4.26. The maximum Gasteiger partial charge on any atom is 0.119 e.